The van der Waals surface area contributed by atoms with Crippen molar-refractivity contribution >= 4 is 7.60 Å². The Hall–Kier alpha value is 0.150. The minimum Gasteiger partial charge on any atom is -0.324 e. The smallest absolute Gasteiger partial charge is 0.324 e. The average Bonchev–Trinajstić information content (AvgIpc) is 2.07. The molecule has 0 aliphatic heterocycles. The second-order valence-electron chi connectivity index (χ2n) is 3.22. The first-order chi connectivity index (χ1) is 5.99. The van der Waals surface area contributed by atoms with Gasteiger partial charge in [-0.3, -0.25) is 4.57 Å². The van der Waals surface area contributed by atoms with Crippen LogP contribution in [0.15, 0.2) is 0 Å². The standard InChI is InChI=1S/C9H21O3P/c1-5-9(6-2,7-3)13(10,11)12-8-4/h5-8H2,1-4H3,(H,10,11). The summed E-state index contributed by atoms with van der Waals surface area (Å²) in [6.45, 7) is 7.86. The van der Waals surface area contributed by atoms with Gasteiger partial charge in [-0.15, -0.1) is 0 Å². The highest BCUT2D eigenvalue weighted by atomic mass is 31.2. The van der Waals surface area contributed by atoms with Gasteiger partial charge >= 0.3 is 7.60 Å². The third-order valence-corrected chi connectivity index (χ3v) is 5.63. The van der Waals surface area contributed by atoms with E-state index in [-0.39, 0.29) is 0 Å². The molecule has 0 heterocycles. The molecule has 0 saturated carbocycles. The van der Waals surface area contributed by atoms with Crippen LogP contribution in [0, 0.1) is 0 Å². The molecule has 3 nitrogen and oxygen atoms in total. The Bertz CT molecular complexity index is 179. The van der Waals surface area contributed by atoms with E-state index in [0.717, 1.165) is 0 Å². The first kappa shape index (κ1) is 13.2. The van der Waals surface area contributed by atoms with Crippen molar-refractivity contribution in [3.05, 3.63) is 0 Å². The first-order valence-electron chi connectivity index (χ1n) is 4.97. The van der Waals surface area contributed by atoms with E-state index in [1.807, 2.05) is 20.8 Å². The third-order valence-electron chi connectivity index (χ3n) is 2.88. The molecule has 0 fully saturated rings. The van der Waals surface area contributed by atoms with E-state index in [2.05, 4.69) is 0 Å². The summed E-state index contributed by atoms with van der Waals surface area (Å²) in [6.07, 6.45) is 2.06. The van der Waals surface area contributed by atoms with Crippen LogP contribution in [0.3, 0.4) is 0 Å². The van der Waals surface area contributed by atoms with E-state index in [1.165, 1.54) is 0 Å². The number of hydrogen-bond donors (Lipinski definition) is 1. The minimum atomic E-state index is -3.43. The van der Waals surface area contributed by atoms with Crippen LogP contribution in [0.1, 0.15) is 47.0 Å². The van der Waals surface area contributed by atoms with Crippen molar-refractivity contribution in [2.75, 3.05) is 6.61 Å². The summed E-state index contributed by atoms with van der Waals surface area (Å²) in [5.41, 5.74) is 0. The highest BCUT2D eigenvalue weighted by molar-refractivity contribution is 7.54. The molecule has 13 heavy (non-hydrogen) atoms. The molecule has 0 aliphatic carbocycles. The van der Waals surface area contributed by atoms with E-state index in [9.17, 15) is 9.46 Å². The zero-order valence-electron chi connectivity index (χ0n) is 9.04. The molecule has 0 aromatic rings. The molecule has 0 rings (SSSR count). The summed E-state index contributed by atoms with van der Waals surface area (Å²) < 4.78 is 16.8. The lowest BCUT2D eigenvalue weighted by Gasteiger charge is -2.33. The van der Waals surface area contributed by atoms with Crippen molar-refractivity contribution in [3.63, 3.8) is 0 Å². The maximum atomic E-state index is 11.9. The lowest BCUT2D eigenvalue weighted by Crippen LogP contribution is -2.27. The van der Waals surface area contributed by atoms with Crippen molar-refractivity contribution in [3.8, 4) is 0 Å². The van der Waals surface area contributed by atoms with Gasteiger partial charge in [0.1, 0.15) is 0 Å². The molecule has 0 saturated heterocycles. The molecular formula is C9H21O3P. The van der Waals surface area contributed by atoms with Gasteiger partial charge in [0, 0.05) is 0 Å². The van der Waals surface area contributed by atoms with E-state index in [4.69, 9.17) is 4.52 Å². The molecule has 0 radical (unpaired) electrons. The van der Waals surface area contributed by atoms with Crippen molar-refractivity contribution in [1.29, 1.82) is 0 Å². The zero-order chi connectivity index (χ0) is 10.5. The van der Waals surface area contributed by atoms with Gasteiger partial charge in [0.25, 0.3) is 0 Å². The van der Waals surface area contributed by atoms with Crippen LogP contribution in [0.4, 0.5) is 0 Å². The summed E-state index contributed by atoms with van der Waals surface area (Å²) in [4.78, 5) is 9.76. The largest absolute Gasteiger partial charge is 0.334 e. The first-order valence-corrected chi connectivity index (χ1v) is 6.54. The lowest BCUT2D eigenvalue weighted by molar-refractivity contribution is 0.236. The monoisotopic (exact) mass is 208 g/mol. The molecule has 0 amide bonds. The van der Waals surface area contributed by atoms with Gasteiger partial charge in [0.15, 0.2) is 0 Å². The van der Waals surface area contributed by atoms with Gasteiger partial charge in [-0.25, -0.2) is 0 Å². The summed E-state index contributed by atoms with van der Waals surface area (Å²) >= 11 is 0. The number of rotatable bonds is 6. The van der Waals surface area contributed by atoms with E-state index in [1.54, 1.807) is 6.92 Å². The van der Waals surface area contributed by atoms with Gasteiger partial charge in [-0.1, -0.05) is 20.8 Å². The van der Waals surface area contributed by atoms with Crippen molar-refractivity contribution in [2.45, 2.75) is 52.1 Å². The van der Waals surface area contributed by atoms with Crippen molar-refractivity contribution in [2.24, 2.45) is 0 Å². The number of hydrogen-bond acceptors (Lipinski definition) is 2. The topological polar surface area (TPSA) is 46.5 Å². The maximum absolute atomic E-state index is 11.9. The SMILES string of the molecule is CCOP(=O)(O)C(CC)(CC)CC. The van der Waals surface area contributed by atoms with E-state index < -0.39 is 12.8 Å². The summed E-state index contributed by atoms with van der Waals surface area (Å²) in [6, 6.07) is 0. The molecule has 0 spiro atoms. The Morgan fingerprint density at radius 2 is 1.54 bits per heavy atom. The molecule has 1 atom stereocenters. The van der Waals surface area contributed by atoms with Crippen LogP contribution < -0.4 is 0 Å². The fourth-order valence-corrected chi connectivity index (χ4v) is 3.48. The Morgan fingerprint density at radius 1 is 1.15 bits per heavy atom. The van der Waals surface area contributed by atoms with Gasteiger partial charge < -0.3 is 9.42 Å². The second-order valence-corrected chi connectivity index (χ2v) is 5.47. The predicted molar refractivity (Wildman–Crippen MR) is 55.1 cm³/mol. The van der Waals surface area contributed by atoms with Crippen molar-refractivity contribution in [1.82, 2.24) is 0 Å². The van der Waals surface area contributed by atoms with Crippen molar-refractivity contribution < 1.29 is 14.0 Å². The van der Waals surface area contributed by atoms with Gasteiger partial charge in [0.2, 0.25) is 0 Å². The van der Waals surface area contributed by atoms with Crippen LogP contribution in [0.2, 0.25) is 0 Å². The molecule has 0 aliphatic rings. The Balaban J connectivity index is 4.80. The Labute approximate surface area is 81.0 Å². The molecule has 4 heteroatoms. The second kappa shape index (κ2) is 5.14. The van der Waals surface area contributed by atoms with E-state index >= 15 is 0 Å². The van der Waals surface area contributed by atoms with Crippen LogP contribution in [-0.2, 0) is 9.09 Å². The van der Waals surface area contributed by atoms with Crippen LogP contribution in [-0.4, -0.2) is 16.7 Å². The van der Waals surface area contributed by atoms with Gasteiger partial charge in [-0.05, 0) is 26.2 Å². The van der Waals surface area contributed by atoms with Crippen LogP contribution in [0.5, 0.6) is 0 Å². The zero-order valence-corrected chi connectivity index (χ0v) is 9.93. The Kier molecular flexibility index (Phi) is 5.19. The van der Waals surface area contributed by atoms with Crippen LogP contribution >= 0.6 is 7.60 Å². The summed E-state index contributed by atoms with van der Waals surface area (Å²) in [7, 11) is -3.43. The van der Waals surface area contributed by atoms with Crippen LogP contribution in [0.25, 0.3) is 0 Å². The summed E-state index contributed by atoms with van der Waals surface area (Å²) in [5, 5.41) is -0.539. The van der Waals surface area contributed by atoms with Gasteiger partial charge in [-0.2, -0.15) is 0 Å². The molecule has 0 aromatic carbocycles. The third kappa shape index (κ3) is 2.55. The fraction of sp³-hybridized carbons (Fsp3) is 1.00. The Morgan fingerprint density at radius 3 is 1.77 bits per heavy atom. The minimum absolute atomic E-state index is 0.301. The van der Waals surface area contributed by atoms with Gasteiger partial charge in [0.05, 0.1) is 11.8 Å². The molecule has 1 N–H and O–H groups in total. The highest BCUT2D eigenvalue weighted by Crippen LogP contribution is 2.60. The molecule has 0 aromatic heterocycles. The normalized spacial score (nSPS) is 17.0. The maximum Gasteiger partial charge on any atom is 0.334 e. The summed E-state index contributed by atoms with van der Waals surface area (Å²) in [5.74, 6) is 0. The predicted octanol–water partition coefficient (Wildman–Crippen LogP) is 3.18. The molecule has 0 bridgehead atoms. The van der Waals surface area contributed by atoms with E-state index in [0.29, 0.717) is 25.9 Å². The quantitative estimate of drug-likeness (QED) is 0.682. The highest BCUT2D eigenvalue weighted by Gasteiger charge is 2.44. The average molecular weight is 208 g/mol. The molecule has 80 valence electrons. The lowest BCUT2D eigenvalue weighted by atomic mass is 9.99. The molecular weight excluding hydrogens is 187 g/mol. The fourth-order valence-electron chi connectivity index (χ4n) is 1.66. The molecule has 1 unspecified atom stereocenters.